The van der Waals surface area contributed by atoms with Gasteiger partial charge in [0.25, 0.3) is 7.48 Å². The fourth-order valence-electron chi connectivity index (χ4n) is 0. The quantitative estimate of drug-likeness (QED) is 0.421. The summed E-state index contributed by atoms with van der Waals surface area (Å²) >= 11 is 0. The first-order chi connectivity index (χ1) is 1.91. The Morgan fingerprint density at radius 2 is 2.25 bits per heavy atom. The van der Waals surface area contributed by atoms with E-state index in [1.165, 1.54) is 0 Å². The molecule has 0 aromatic heterocycles. The minimum atomic E-state index is 0.750. The number of hydrogen-bond donors (Lipinski definition) is 1. The number of hydrogen-bond acceptors (Lipinski definition) is 1. The van der Waals surface area contributed by atoms with Crippen LogP contribution in [0.4, 0.5) is 0 Å². The number of rotatable bonds is 1. The largest absolute Gasteiger partial charge is 0.454 e. The molecule has 1 radical (unpaired) electrons. The zero-order valence-electron chi connectivity index (χ0n) is 2.73. The van der Waals surface area contributed by atoms with Crippen molar-refractivity contribution in [1.82, 2.24) is 0 Å². The van der Waals surface area contributed by atoms with Crippen LogP contribution in [0, 0.1) is 0 Å². The first kappa shape index (κ1) is 4.02. The maximum Gasteiger partial charge on any atom is 0.287 e. The highest BCUT2D eigenvalue weighted by Gasteiger charge is 1.65. The summed E-state index contributed by atoms with van der Waals surface area (Å²) in [5.41, 5.74) is 0. The van der Waals surface area contributed by atoms with Gasteiger partial charge in [-0.25, -0.2) is 0 Å². The molecule has 0 fully saturated rings. The van der Waals surface area contributed by atoms with Crippen molar-refractivity contribution in [3.8, 4) is 0 Å². The molecule has 1 nitrogen and oxygen atoms in total. The summed E-state index contributed by atoms with van der Waals surface area (Å²) in [6, 6.07) is 0. The Hall–Kier alpha value is 0.0249. The summed E-state index contributed by atoms with van der Waals surface area (Å²) in [5.74, 6) is 0. The monoisotopic (exact) mass is 57.1 g/mol. The molecule has 0 saturated heterocycles. The van der Waals surface area contributed by atoms with Crippen LogP contribution in [0.1, 0.15) is 6.92 Å². The van der Waals surface area contributed by atoms with Crippen LogP contribution in [0.5, 0.6) is 0 Å². The lowest BCUT2D eigenvalue weighted by molar-refractivity contribution is 0.602. The van der Waals surface area contributed by atoms with Crippen LogP contribution in [-0.2, 0) is 0 Å². The molecule has 0 rings (SSSR count). The van der Waals surface area contributed by atoms with E-state index < -0.39 is 0 Å². The predicted octanol–water partition coefficient (Wildman–Crippen LogP) is 0.0361. The average molecular weight is 56.9 g/mol. The Kier molecular flexibility index (Phi) is 3.04. The fraction of sp³-hybridized carbons (Fsp3) is 1.00. The Balaban J connectivity index is 1.97. The molecule has 0 heterocycles. The third-order valence-electron chi connectivity index (χ3n) is 0.183. The van der Waals surface area contributed by atoms with E-state index in [1.54, 1.807) is 0 Å². The molecule has 0 saturated carbocycles. The van der Waals surface area contributed by atoms with Crippen LogP contribution < -0.4 is 0 Å². The van der Waals surface area contributed by atoms with Gasteiger partial charge in [0, 0.05) is 0 Å². The first-order valence-electron chi connectivity index (χ1n) is 1.37. The maximum atomic E-state index is 7.75. The standard InChI is InChI=1S/C2H6BO/c1-2-3-4/h4H,2H2,1H3. The van der Waals surface area contributed by atoms with E-state index >= 15 is 0 Å². The smallest absolute Gasteiger partial charge is 0.287 e. The lowest BCUT2D eigenvalue weighted by Crippen LogP contribution is -1.75. The second-order valence-electron chi connectivity index (χ2n) is 0.591. The Bertz CT molecular complexity index is 8.00. The van der Waals surface area contributed by atoms with Gasteiger partial charge in [-0.3, -0.25) is 0 Å². The van der Waals surface area contributed by atoms with Gasteiger partial charge in [-0.15, -0.1) is 0 Å². The highest BCUT2D eigenvalue weighted by molar-refractivity contribution is 6.24. The molecule has 23 valence electrons. The molecule has 1 N–H and O–H groups in total. The van der Waals surface area contributed by atoms with Crippen molar-refractivity contribution in [2.45, 2.75) is 13.2 Å². The molecule has 0 spiro atoms. The topological polar surface area (TPSA) is 20.2 Å². The molecule has 0 bridgehead atoms. The predicted molar refractivity (Wildman–Crippen MR) is 18.5 cm³/mol. The van der Waals surface area contributed by atoms with Crippen LogP contribution in [0.15, 0.2) is 0 Å². The molecule has 0 aliphatic heterocycles. The Morgan fingerprint density at radius 1 is 2.00 bits per heavy atom. The first-order valence-corrected chi connectivity index (χ1v) is 1.37. The molecular weight excluding hydrogens is 50.8 g/mol. The molecule has 0 unspecified atom stereocenters. The maximum absolute atomic E-state index is 7.75. The van der Waals surface area contributed by atoms with Crippen molar-refractivity contribution in [1.29, 1.82) is 0 Å². The van der Waals surface area contributed by atoms with Gasteiger partial charge in [-0.05, 0) is 0 Å². The molecule has 0 aromatic carbocycles. The summed E-state index contributed by atoms with van der Waals surface area (Å²) in [4.78, 5) is 0. The molecule has 0 aliphatic carbocycles. The molecule has 0 amide bonds. The van der Waals surface area contributed by atoms with Crippen LogP contribution in [0.25, 0.3) is 0 Å². The zero-order valence-corrected chi connectivity index (χ0v) is 2.73. The third-order valence-corrected chi connectivity index (χ3v) is 0.183. The van der Waals surface area contributed by atoms with Crippen LogP contribution in [-0.4, -0.2) is 12.5 Å². The second kappa shape index (κ2) is 3.02. The Labute approximate surface area is 26.9 Å². The second-order valence-corrected chi connectivity index (χ2v) is 0.591. The van der Waals surface area contributed by atoms with Crippen molar-refractivity contribution in [3.63, 3.8) is 0 Å². The summed E-state index contributed by atoms with van der Waals surface area (Å²) in [7, 11) is 1.12. The lowest BCUT2D eigenvalue weighted by Gasteiger charge is -1.63. The van der Waals surface area contributed by atoms with Crippen molar-refractivity contribution in [2.75, 3.05) is 0 Å². The van der Waals surface area contributed by atoms with Crippen molar-refractivity contribution >= 4 is 7.48 Å². The highest BCUT2D eigenvalue weighted by atomic mass is 16.2. The van der Waals surface area contributed by atoms with Crippen LogP contribution >= 0.6 is 0 Å². The van der Waals surface area contributed by atoms with E-state index in [0.717, 1.165) is 13.8 Å². The van der Waals surface area contributed by atoms with Crippen molar-refractivity contribution in [3.05, 3.63) is 0 Å². The molecule has 0 atom stereocenters. The normalized spacial score (nSPS) is 6.50. The molecular formula is C2H6BO. The summed E-state index contributed by atoms with van der Waals surface area (Å²) in [5, 5.41) is 7.75. The Morgan fingerprint density at radius 3 is 2.25 bits per heavy atom. The van der Waals surface area contributed by atoms with E-state index in [0.29, 0.717) is 0 Å². The van der Waals surface area contributed by atoms with Gasteiger partial charge < -0.3 is 5.02 Å². The lowest BCUT2D eigenvalue weighted by atomic mass is 9.99. The minimum absolute atomic E-state index is 0.750. The van der Waals surface area contributed by atoms with Crippen LogP contribution in [0.2, 0.25) is 6.32 Å². The average Bonchev–Trinajstić information content (AvgIpc) is 1.37. The molecule has 4 heavy (non-hydrogen) atoms. The van der Waals surface area contributed by atoms with Crippen LogP contribution in [0.3, 0.4) is 0 Å². The minimum Gasteiger partial charge on any atom is -0.454 e. The van der Waals surface area contributed by atoms with Gasteiger partial charge in [0.2, 0.25) is 0 Å². The molecule has 0 aromatic rings. The van der Waals surface area contributed by atoms with Gasteiger partial charge in [0.05, 0.1) is 0 Å². The fourth-order valence-corrected chi connectivity index (χ4v) is 0. The van der Waals surface area contributed by atoms with E-state index in [4.69, 9.17) is 5.02 Å². The zero-order chi connectivity index (χ0) is 3.41. The SMILES string of the molecule is CC[B]O. The van der Waals surface area contributed by atoms with E-state index in [2.05, 4.69) is 0 Å². The van der Waals surface area contributed by atoms with E-state index in [9.17, 15) is 0 Å². The van der Waals surface area contributed by atoms with Gasteiger partial charge in [-0.2, -0.15) is 0 Å². The van der Waals surface area contributed by atoms with Gasteiger partial charge >= 0.3 is 0 Å². The van der Waals surface area contributed by atoms with Gasteiger partial charge in [0.1, 0.15) is 0 Å². The van der Waals surface area contributed by atoms with Gasteiger partial charge in [0.15, 0.2) is 0 Å². The third kappa shape index (κ3) is 2.02. The van der Waals surface area contributed by atoms with Crippen molar-refractivity contribution in [2.24, 2.45) is 0 Å². The summed E-state index contributed by atoms with van der Waals surface area (Å²) < 4.78 is 0. The van der Waals surface area contributed by atoms with E-state index in [1.807, 2.05) is 6.92 Å². The van der Waals surface area contributed by atoms with Crippen molar-refractivity contribution < 1.29 is 5.02 Å². The summed E-state index contributed by atoms with van der Waals surface area (Å²) in [6.07, 6.45) is 0.750. The molecule has 2 heteroatoms. The highest BCUT2D eigenvalue weighted by Crippen LogP contribution is 1.60. The van der Waals surface area contributed by atoms with Gasteiger partial charge in [-0.1, -0.05) is 13.2 Å². The van der Waals surface area contributed by atoms with E-state index in [-0.39, 0.29) is 0 Å². The molecule has 0 aliphatic rings. The summed E-state index contributed by atoms with van der Waals surface area (Å²) in [6.45, 7) is 1.88.